The van der Waals surface area contributed by atoms with Crippen LogP contribution in [0.5, 0.6) is 0 Å². The van der Waals surface area contributed by atoms with Crippen LogP contribution < -0.4 is 5.73 Å². The number of nitrogens with two attached hydrogens (primary N) is 1. The molecule has 0 aliphatic heterocycles. The van der Waals surface area contributed by atoms with Crippen LogP contribution >= 0.6 is 0 Å². The molecule has 1 aromatic carbocycles. The molecular weight excluding hydrogens is 150 g/mol. The molecule has 1 aliphatic carbocycles. The maximum Gasteiger partial charge on any atom is 0.249 e. The van der Waals surface area contributed by atoms with Crippen molar-refractivity contribution < 1.29 is 4.79 Å². The molecule has 2 heteroatoms. The zero-order chi connectivity index (χ0) is 8.55. The highest BCUT2D eigenvalue weighted by Gasteiger charge is 2.16. The number of carbonyl (C=O) groups is 1. The van der Waals surface area contributed by atoms with Gasteiger partial charge in [-0.1, -0.05) is 30.3 Å². The highest BCUT2D eigenvalue weighted by molar-refractivity contribution is 6.20. The van der Waals surface area contributed by atoms with Crippen molar-refractivity contribution in [3.63, 3.8) is 0 Å². The van der Waals surface area contributed by atoms with Gasteiger partial charge in [0.25, 0.3) is 0 Å². The molecule has 0 unspecified atom stereocenters. The minimum absolute atomic E-state index is 0.333. The average molecular weight is 159 g/mol. The van der Waals surface area contributed by atoms with Gasteiger partial charge in [-0.2, -0.15) is 0 Å². The number of hydrogen-bond donors (Lipinski definition) is 1. The van der Waals surface area contributed by atoms with E-state index in [-0.39, 0.29) is 5.91 Å². The highest BCUT2D eigenvalue weighted by atomic mass is 16.1. The van der Waals surface area contributed by atoms with Crippen LogP contribution in [0.15, 0.2) is 30.3 Å². The van der Waals surface area contributed by atoms with Crippen LogP contribution in [0.3, 0.4) is 0 Å². The Morgan fingerprint density at radius 2 is 2.08 bits per heavy atom. The summed E-state index contributed by atoms with van der Waals surface area (Å²) in [5, 5.41) is 0. The molecule has 0 heterocycles. The van der Waals surface area contributed by atoms with E-state index in [1.165, 1.54) is 5.56 Å². The lowest BCUT2D eigenvalue weighted by atomic mass is 10.1. The first-order chi connectivity index (χ1) is 5.79. The number of amides is 1. The van der Waals surface area contributed by atoms with Crippen LogP contribution in [0.25, 0.3) is 5.57 Å². The van der Waals surface area contributed by atoms with E-state index >= 15 is 0 Å². The van der Waals surface area contributed by atoms with Crippen molar-refractivity contribution in [3.05, 3.63) is 41.5 Å². The molecule has 2 N–H and O–H groups in total. The van der Waals surface area contributed by atoms with E-state index < -0.39 is 0 Å². The Morgan fingerprint density at radius 3 is 2.83 bits per heavy atom. The summed E-state index contributed by atoms with van der Waals surface area (Å²) < 4.78 is 0. The Morgan fingerprint density at radius 1 is 1.33 bits per heavy atom. The first-order valence-corrected chi connectivity index (χ1v) is 3.87. The van der Waals surface area contributed by atoms with E-state index in [4.69, 9.17) is 5.73 Å². The monoisotopic (exact) mass is 159 g/mol. The Kier molecular flexibility index (Phi) is 1.47. The number of hydrogen-bond acceptors (Lipinski definition) is 1. The van der Waals surface area contributed by atoms with Crippen LogP contribution in [0.1, 0.15) is 11.1 Å². The maximum atomic E-state index is 10.9. The smallest absolute Gasteiger partial charge is 0.249 e. The van der Waals surface area contributed by atoms with Gasteiger partial charge in [-0.3, -0.25) is 4.79 Å². The molecule has 1 aromatic rings. The zero-order valence-electron chi connectivity index (χ0n) is 6.58. The SMILES string of the molecule is NC(=O)C1=CCc2ccccc21. The largest absolute Gasteiger partial charge is 0.366 e. The lowest BCUT2D eigenvalue weighted by molar-refractivity contribution is -0.112. The topological polar surface area (TPSA) is 43.1 Å². The standard InChI is InChI=1S/C10H9NO/c11-10(12)9-6-5-7-3-1-2-4-8(7)9/h1-4,6H,5H2,(H2,11,12). The van der Waals surface area contributed by atoms with E-state index in [0.717, 1.165) is 12.0 Å². The van der Waals surface area contributed by atoms with Crippen molar-refractivity contribution in [2.75, 3.05) is 0 Å². The molecule has 0 spiro atoms. The van der Waals surface area contributed by atoms with E-state index in [1.54, 1.807) is 0 Å². The van der Waals surface area contributed by atoms with Crippen molar-refractivity contribution in [2.45, 2.75) is 6.42 Å². The van der Waals surface area contributed by atoms with E-state index in [2.05, 4.69) is 0 Å². The third-order valence-electron chi connectivity index (χ3n) is 2.10. The molecule has 0 radical (unpaired) electrons. The second-order valence-electron chi connectivity index (χ2n) is 2.84. The van der Waals surface area contributed by atoms with E-state index in [1.807, 2.05) is 30.3 Å². The van der Waals surface area contributed by atoms with Crippen molar-refractivity contribution >= 4 is 11.5 Å². The number of primary amides is 1. The second kappa shape index (κ2) is 2.48. The molecular formula is C10H9NO. The summed E-state index contributed by atoms with van der Waals surface area (Å²) in [6, 6.07) is 7.83. The molecule has 1 aliphatic rings. The maximum absolute atomic E-state index is 10.9. The van der Waals surface area contributed by atoms with Gasteiger partial charge in [0.2, 0.25) is 5.91 Å². The lowest BCUT2D eigenvalue weighted by Gasteiger charge is -1.99. The van der Waals surface area contributed by atoms with Crippen molar-refractivity contribution in [3.8, 4) is 0 Å². The van der Waals surface area contributed by atoms with Gasteiger partial charge >= 0.3 is 0 Å². The predicted octanol–water partition coefficient (Wildman–Crippen LogP) is 1.11. The fourth-order valence-electron chi connectivity index (χ4n) is 1.52. The number of rotatable bonds is 1. The molecule has 0 atom stereocenters. The summed E-state index contributed by atoms with van der Waals surface area (Å²) in [6.45, 7) is 0. The van der Waals surface area contributed by atoms with E-state index in [9.17, 15) is 4.79 Å². The predicted molar refractivity (Wildman–Crippen MR) is 47.3 cm³/mol. The van der Waals surface area contributed by atoms with Crippen molar-refractivity contribution in [1.82, 2.24) is 0 Å². The fraction of sp³-hybridized carbons (Fsp3) is 0.100. The third kappa shape index (κ3) is 0.925. The minimum Gasteiger partial charge on any atom is -0.366 e. The summed E-state index contributed by atoms with van der Waals surface area (Å²) in [4.78, 5) is 10.9. The van der Waals surface area contributed by atoms with Gasteiger partial charge < -0.3 is 5.73 Å². The molecule has 60 valence electrons. The number of allylic oxidation sites excluding steroid dienone is 1. The van der Waals surface area contributed by atoms with E-state index in [0.29, 0.717) is 5.57 Å². The molecule has 0 saturated carbocycles. The first-order valence-electron chi connectivity index (χ1n) is 3.87. The minimum atomic E-state index is -0.333. The molecule has 0 aromatic heterocycles. The van der Waals surface area contributed by atoms with Gasteiger partial charge in [0.1, 0.15) is 0 Å². The van der Waals surface area contributed by atoms with Crippen LogP contribution in [-0.2, 0) is 11.2 Å². The van der Waals surface area contributed by atoms with Crippen molar-refractivity contribution in [2.24, 2.45) is 5.73 Å². The van der Waals surface area contributed by atoms with Gasteiger partial charge in [-0.15, -0.1) is 0 Å². The molecule has 12 heavy (non-hydrogen) atoms. The van der Waals surface area contributed by atoms with Gasteiger partial charge in [0.15, 0.2) is 0 Å². The molecule has 0 fully saturated rings. The molecule has 2 rings (SSSR count). The summed E-state index contributed by atoms with van der Waals surface area (Å²) in [5.74, 6) is -0.333. The summed E-state index contributed by atoms with van der Waals surface area (Å²) in [7, 11) is 0. The van der Waals surface area contributed by atoms with Gasteiger partial charge in [0.05, 0.1) is 0 Å². The normalized spacial score (nSPS) is 13.8. The molecule has 1 amide bonds. The Hall–Kier alpha value is -1.57. The van der Waals surface area contributed by atoms with Gasteiger partial charge in [-0.05, 0) is 17.5 Å². The quantitative estimate of drug-likeness (QED) is 0.655. The number of fused-ring (bicyclic) bond motifs is 1. The first kappa shape index (κ1) is 7.10. The highest BCUT2D eigenvalue weighted by Crippen LogP contribution is 2.26. The average Bonchev–Trinajstić information content (AvgIpc) is 2.47. The molecule has 0 saturated heterocycles. The summed E-state index contributed by atoms with van der Waals surface area (Å²) in [5.41, 5.74) is 8.04. The lowest BCUT2D eigenvalue weighted by Crippen LogP contribution is -2.11. The number of carbonyl (C=O) groups excluding carboxylic acids is 1. The second-order valence-corrected chi connectivity index (χ2v) is 2.84. The summed E-state index contributed by atoms with van der Waals surface area (Å²) in [6.07, 6.45) is 2.71. The van der Waals surface area contributed by atoms with Crippen LogP contribution in [-0.4, -0.2) is 5.91 Å². The number of benzene rings is 1. The zero-order valence-corrected chi connectivity index (χ0v) is 6.58. The third-order valence-corrected chi connectivity index (χ3v) is 2.10. The Balaban J connectivity index is 2.52. The van der Waals surface area contributed by atoms with Crippen molar-refractivity contribution in [1.29, 1.82) is 0 Å². The van der Waals surface area contributed by atoms with Crippen LogP contribution in [0.4, 0.5) is 0 Å². The van der Waals surface area contributed by atoms with Crippen LogP contribution in [0.2, 0.25) is 0 Å². The molecule has 0 bridgehead atoms. The molecule has 2 nitrogen and oxygen atoms in total. The summed E-state index contributed by atoms with van der Waals surface area (Å²) >= 11 is 0. The van der Waals surface area contributed by atoms with Crippen LogP contribution in [0, 0.1) is 0 Å². The Bertz CT molecular complexity index is 366. The fourth-order valence-corrected chi connectivity index (χ4v) is 1.52. The van der Waals surface area contributed by atoms with Gasteiger partial charge in [0, 0.05) is 5.57 Å². The van der Waals surface area contributed by atoms with Gasteiger partial charge in [-0.25, -0.2) is 0 Å². The Labute approximate surface area is 70.7 Å².